The molecule has 0 N–H and O–H groups in total. The van der Waals surface area contributed by atoms with Crippen molar-refractivity contribution in [1.29, 1.82) is 0 Å². The highest BCUT2D eigenvalue weighted by molar-refractivity contribution is 5.84. The van der Waals surface area contributed by atoms with E-state index in [0.717, 1.165) is 24.3 Å². The van der Waals surface area contributed by atoms with Crippen molar-refractivity contribution in [3.63, 3.8) is 0 Å². The van der Waals surface area contributed by atoms with Gasteiger partial charge in [0.1, 0.15) is 19.8 Å². The zero-order valence-electron chi connectivity index (χ0n) is 16.5. The highest BCUT2D eigenvalue weighted by Gasteiger charge is 2.39. The van der Waals surface area contributed by atoms with Gasteiger partial charge in [0.15, 0.2) is 0 Å². The van der Waals surface area contributed by atoms with Gasteiger partial charge in [-0.2, -0.15) is 0 Å². The first kappa shape index (κ1) is 24.8. The van der Waals surface area contributed by atoms with Crippen LogP contribution in [0, 0.1) is 0 Å². The number of allylic oxidation sites excluding steroid dienone is 4. The fraction of sp³-hybridized carbons (Fsp3) is 0.400. The first-order chi connectivity index (χ1) is 13.3. The Bertz CT molecular complexity index is 586. The quantitative estimate of drug-likeness (QED) is 0.298. The van der Waals surface area contributed by atoms with E-state index in [1.165, 1.54) is 24.3 Å². The van der Waals surface area contributed by atoms with Crippen LogP contribution in [0.15, 0.2) is 48.6 Å². The molecule has 0 unspecified atom stereocenters. The van der Waals surface area contributed by atoms with E-state index in [1.807, 2.05) is 0 Å². The van der Waals surface area contributed by atoms with Crippen LogP contribution in [0.1, 0.15) is 27.7 Å². The van der Waals surface area contributed by atoms with Crippen molar-refractivity contribution in [2.45, 2.75) is 33.3 Å². The number of esters is 4. The average molecular weight is 394 g/mol. The van der Waals surface area contributed by atoms with Crippen molar-refractivity contribution < 1.29 is 38.1 Å². The Morgan fingerprint density at radius 2 is 0.857 bits per heavy atom. The zero-order chi connectivity index (χ0) is 21.4. The minimum absolute atomic E-state index is 0.494. The van der Waals surface area contributed by atoms with Crippen molar-refractivity contribution >= 4 is 23.9 Å². The van der Waals surface area contributed by atoms with Gasteiger partial charge >= 0.3 is 23.9 Å². The Labute approximate surface area is 164 Å². The van der Waals surface area contributed by atoms with E-state index in [2.05, 4.69) is 0 Å². The third-order valence-electron chi connectivity index (χ3n) is 2.96. The van der Waals surface area contributed by atoms with Crippen LogP contribution in [0.3, 0.4) is 0 Å². The summed E-state index contributed by atoms with van der Waals surface area (Å²) < 4.78 is 20.5. The lowest BCUT2D eigenvalue weighted by Gasteiger charge is -2.31. The molecule has 0 fully saturated rings. The van der Waals surface area contributed by atoms with Crippen molar-refractivity contribution in [2.75, 3.05) is 19.8 Å². The number of rotatable bonds is 11. The van der Waals surface area contributed by atoms with Crippen LogP contribution >= 0.6 is 0 Å². The summed E-state index contributed by atoms with van der Waals surface area (Å²) in [7, 11) is 0. The molecule has 154 valence electrons. The minimum atomic E-state index is -1.72. The first-order valence-electron chi connectivity index (χ1n) is 8.56. The molecule has 0 aromatic carbocycles. The standard InChI is InChI=1S/C20H26O8/c1-5-9-16(21)25-13-20(28-19(24)12-8-4,14-26-17(22)10-6-2)15-27-18(23)11-7-3/h5-12H,13-15H2,1-4H3/b9-5-,10-6-,11-7-,12-8-. The van der Waals surface area contributed by atoms with Gasteiger partial charge in [0.2, 0.25) is 5.60 Å². The fourth-order valence-electron chi connectivity index (χ4n) is 1.76. The molecule has 0 heterocycles. The molecular formula is C20H26O8. The lowest BCUT2D eigenvalue weighted by atomic mass is 10.1. The molecule has 0 aromatic heterocycles. The summed E-state index contributed by atoms with van der Waals surface area (Å²) in [6, 6.07) is 0. The van der Waals surface area contributed by atoms with Crippen LogP contribution in [0.5, 0.6) is 0 Å². The number of carbonyl (C=O) groups is 4. The number of carbonyl (C=O) groups excluding carboxylic acids is 4. The second-order valence-corrected chi connectivity index (χ2v) is 5.43. The van der Waals surface area contributed by atoms with Crippen LogP contribution < -0.4 is 0 Å². The molecule has 0 aromatic rings. The molecule has 0 rings (SSSR count). The van der Waals surface area contributed by atoms with Gasteiger partial charge in [0.25, 0.3) is 0 Å². The van der Waals surface area contributed by atoms with Crippen LogP contribution in [-0.2, 0) is 38.1 Å². The molecule has 0 radical (unpaired) electrons. The van der Waals surface area contributed by atoms with E-state index in [1.54, 1.807) is 27.7 Å². The van der Waals surface area contributed by atoms with Gasteiger partial charge in [-0.1, -0.05) is 24.3 Å². The zero-order valence-corrected chi connectivity index (χ0v) is 16.5. The average Bonchev–Trinajstić information content (AvgIpc) is 2.64. The molecule has 0 aliphatic carbocycles. The Hall–Kier alpha value is -3.16. The summed E-state index contributed by atoms with van der Waals surface area (Å²) in [4.78, 5) is 47.0. The monoisotopic (exact) mass is 394 g/mol. The van der Waals surface area contributed by atoms with Crippen molar-refractivity contribution in [2.24, 2.45) is 0 Å². The second kappa shape index (κ2) is 14.0. The topological polar surface area (TPSA) is 105 Å². The van der Waals surface area contributed by atoms with Crippen molar-refractivity contribution in [3.05, 3.63) is 48.6 Å². The van der Waals surface area contributed by atoms with Gasteiger partial charge in [-0.05, 0) is 27.7 Å². The number of hydrogen-bond donors (Lipinski definition) is 0. The molecule has 0 aliphatic heterocycles. The van der Waals surface area contributed by atoms with Gasteiger partial charge in [-0.15, -0.1) is 0 Å². The Morgan fingerprint density at radius 3 is 1.14 bits per heavy atom. The Kier molecular flexibility index (Phi) is 12.4. The smallest absolute Gasteiger partial charge is 0.331 e. The normalized spacial score (nSPS) is 12.0. The third kappa shape index (κ3) is 10.7. The SMILES string of the molecule is C/C=C\C(=O)OCC(COC(=O)/C=C\C)(COC(=O)/C=C\C)OC(=O)/C=C\C. The molecule has 8 nitrogen and oxygen atoms in total. The van der Waals surface area contributed by atoms with Gasteiger partial charge in [-0.3, -0.25) is 0 Å². The molecular weight excluding hydrogens is 368 g/mol. The molecule has 0 bridgehead atoms. The highest BCUT2D eigenvalue weighted by Crippen LogP contribution is 2.16. The van der Waals surface area contributed by atoms with Crippen LogP contribution in [0.25, 0.3) is 0 Å². The van der Waals surface area contributed by atoms with Crippen LogP contribution in [0.4, 0.5) is 0 Å². The molecule has 0 aliphatic rings. The molecule has 0 spiro atoms. The van der Waals surface area contributed by atoms with Crippen LogP contribution in [0.2, 0.25) is 0 Å². The van der Waals surface area contributed by atoms with E-state index >= 15 is 0 Å². The maximum absolute atomic E-state index is 12.0. The summed E-state index contributed by atoms with van der Waals surface area (Å²) in [6.45, 7) is 4.99. The Balaban J connectivity index is 5.61. The lowest BCUT2D eigenvalue weighted by Crippen LogP contribution is -2.49. The number of ether oxygens (including phenoxy) is 4. The maximum Gasteiger partial charge on any atom is 0.331 e. The summed E-state index contributed by atoms with van der Waals surface area (Å²) in [5, 5.41) is 0. The van der Waals surface area contributed by atoms with Crippen molar-refractivity contribution in [1.82, 2.24) is 0 Å². The lowest BCUT2D eigenvalue weighted by molar-refractivity contribution is -0.189. The van der Waals surface area contributed by atoms with Crippen molar-refractivity contribution in [3.8, 4) is 0 Å². The van der Waals surface area contributed by atoms with E-state index in [-0.39, 0.29) is 0 Å². The molecule has 0 atom stereocenters. The second-order valence-electron chi connectivity index (χ2n) is 5.43. The summed E-state index contributed by atoms with van der Waals surface area (Å²) in [6.07, 6.45) is 10.5. The predicted octanol–water partition coefficient (Wildman–Crippen LogP) is 2.20. The van der Waals surface area contributed by atoms with Gasteiger partial charge < -0.3 is 18.9 Å². The summed E-state index contributed by atoms with van der Waals surface area (Å²) >= 11 is 0. The first-order valence-corrected chi connectivity index (χ1v) is 8.56. The van der Waals surface area contributed by atoms with Crippen LogP contribution in [-0.4, -0.2) is 49.3 Å². The largest absolute Gasteiger partial charge is 0.458 e. The summed E-state index contributed by atoms with van der Waals surface area (Å²) in [5.41, 5.74) is -1.72. The molecule has 0 saturated carbocycles. The van der Waals surface area contributed by atoms with E-state index < -0.39 is 49.3 Å². The highest BCUT2D eigenvalue weighted by atomic mass is 16.6. The van der Waals surface area contributed by atoms with Gasteiger partial charge in [0, 0.05) is 24.3 Å². The van der Waals surface area contributed by atoms with E-state index in [9.17, 15) is 19.2 Å². The minimum Gasteiger partial charge on any atom is -0.458 e. The molecule has 0 saturated heterocycles. The number of hydrogen-bond acceptors (Lipinski definition) is 8. The fourth-order valence-corrected chi connectivity index (χ4v) is 1.76. The van der Waals surface area contributed by atoms with E-state index in [0.29, 0.717) is 0 Å². The summed E-state index contributed by atoms with van der Waals surface area (Å²) in [5.74, 6) is -2.88. The molecule has 8 heteroatoms. The maximum atomic E-state index is 12.0. The van der Waals surface area contributed by atoms with Gasteiger partial charge in [-0.25, -0.2) is 19.2 Å². The third-order valence-corrected chi connectivity index (χ3v) is 2.96. The molecule has 28 heavy (non-hydrogen) atoms. The van der Waals surface area contributed by atoms with E-state index in [4.69, 9.17) is 18.9 Å². The molecule has 0 amide bonds. The Morgan fingerprint density at radius 1 is 0.571 bits per heavy atom. The predicted molar refractivity (Wildman–Crippen MR) is 101 cm³/mol. The van der Waals surface area contributed by atoms with Gasteiger partial charge in [0.05, 0.1) is 0 Å².